The van der Waals surface area contributed by atoms with Crippen LogP contribution in [0.15, 0.2) is 71.2 Å². The highest BCUT2D eigenvalue weighted by molar-refractivity contribution is 7.82. The van der Waals surface area contributed by atoms with E-state index in [2.05, 4.69) is 66.1 Å². The number of piperazine rings is 2. The lowest BCUT2D eigenvalue weighted by atomic mass is 10.0. The van der Waals surface area contributed by atoms with Gasteiger partial charge in [0.15, 0.2) is 0 Å². The van der Waals surface area contributed by atoms with Crippen LogP contribution in [-0.4, -0.2) is 76.0 Å². The Morgan fingerprint density at radius 2 is 1.82 bits per heavy atom. The predicted molar refractivity (Wildman–Crippen MR) is 161 cm³/mol. The van der Waals surface area contributed by atoms with Crippen LogP contribution >= 0.6 is 0 Å². The quantitative estimate of drug-likeness (QED) is 0.290. The molecule has 0 aromatic heterocycles. The van der Waals surface area contributed by atoms with Crippen LogP contribution in [0.1, 0.15) is 29.2 Å². The molecule has 2 atom stereocenters. The van der Waals surface area contributed by atoms with Crippen LogP contribution in [0.2, 0.25) is 0 Å². The lowest BCUT2D eigenvalue weighted by Crippen LogP contribution is -2.51. The molecule has 0 radical (unpaired) electrons. The summed E-state index contributed by atoms with van der Waals surface area (Å²) in [5.41, 5.74) is 5.44. The molecule has 40 heavy (non-hydrogen) atoms. The number of anilines is 1. The molecule has 2 aliphatic rings. The summed E-state index contributed by atoms with van der Waals surface area (Å²) < 4.78 is 15.7. The maximum Gasteiger partial charge on any atom is 0.145 e. The van der Waals surface area contributed by atoms with Gasteiger partial charge >= 0.3 is 0 Å². The van der Waals surface area contributed by atoms with Crippen molar-refractivity contribution in [2.75, 3.05) is 50.7 Å². The monoisotopic (exact) mass is 555 g/mol. The molecule has 2 aromatic rings. The van der Waals surface area contributed by atoms with Crippen LogP contribution < -0.4 is 4.90 Å². The van der Waals surface area contributed by atoms with E-state index in [0.717, 1.165) is 42.3 Å². The Morgan fingerprint density at radius 1 is 1.10 bits per heavy atom. The van der Waals surface area contributed by atoms with E-state index in [9.17, 15) is 14.7 Å². The maximum absolute atomic E-state index is 13.7. The van der Waals surface area contributed by atoms with E-state index in [-0.39, 0.29) is 0 Å². The fourth-order valence-corrected chi connectivity index (χ4v) is 6.79. The lowest BCUT2D eigenvalue weighted by molar-refractivity contribution is 0.180. The van der Waals surface area contributed by atoms with E-state index < -0.39 is 11.0 Å². The Bertz CT molecular complexity index is 1410. The van der Waals surface area contributed by atoms with Crippen molar-refractivity contribution in [1.82, 2.24) is 14.1 Å². The van der Waals surface area contributed by atoms with E-state index in [1.807, 2.05) is 40.4 Å². The first-order valence-electron chi connectivity index (χ1n) is 13.6. The molecular formula is C31H37N7OS. The van der Waals surface area contributed by atoms with Crippen LogP contribution in [0.3, 0.4) is 0 Å². The van der Waals surface area contributed by atoms with Gasteiger partial charge in [-0.25, -0.2) is 13.5 Å². The molecule has 0 saturated carbocycles. The first kappa shape index (κ1) is 29.2. The van der Waals surface area contributed by atoms with Gasteiger partial charge in [-0.1, -0.05) is 31.4 Å². The SMILES string of the molecule is C=CN=C(C(=C)C#N)N1CCN(S(=O)c2cc(CN3CCN(c4ccccc4C#N)C[C@@H]3C)c(C)cc2C)CC1. The van der Waals surface area contributed by atoms with Crippen molar-refractivity contribution in [2.24, 2.45) is 4.99 Å². The molecule has 2 fully saturated rings. The minimum absolute atomic E-state index is 0.304. The zero-order chi connectivity index (χ0) is 28.8. The summed E-state index contributed by atoms with van der Waals surface area (Å²) in [5, 5.41) is 18.8. The average Bonchev–Trinajstić information content (AvgIpc) is 2.97. The van der Waals surface area contributed by atoms with Gasteiger partial charge in [0.25, 0.3) is 0 Å². The van der Waals surface area contributed by atoms with Gasteiger partial charge in [0.05, 0.1) is 21.7 Å². The number of para-hydroxylation sites is 1. The summed E-state index contributed by atoms with van der Waals surface area (Å²) in [4.78, 5) is 11.9. The third-order valence-electron chi connectivity index (χ3n) is 7.72. The van der Waals surface area contributed by atoms with Crippen LogP contribution in [0.5, 0.6) is 0 Å². The van der Waals surface area contributed by atoms with Crippen LogP contribution in [0.25, 0.3) is 0 Å². The van der Waals surface area contributed by atoms with Crippen LogP contribution in [0.4, 0.5) is 5.69 Å². The number of rotatable bonds is 7. The van der Waals surface area contributed by atoms with Crippen molar-refractivity contribution in [3.63, 3.8) is 0 Å². The molecule has 0 aliphatic carbocycles. The number of amidine groups is 1. The van der Waals surface area contributed by atoms with Crippen molar-refractivity contribution >= 4 is 22.5 Å². The summed E-state index contributed by atoms with van der Waals surface area (Å²) in [5.74, 6) is 0.530. The second-order valence-corrected chi connectivity index (χ2v) is 11.8. The molecule has 2 heterocycles. The zero-order valence-corrected chi connectivity index (χ0v) is 24.5. The molecule has 0 bridgehead atoms. The van der Waals surface area contributed by atoms with Gasteiger partial charge in [-0.05, 0) is 55.7 Å². The summed E-state index contributed by atoms with van der Waals surface area (Å²) in [6.07, 6.45) is 1.42. The Balaban J connectivity index is 1.44. The summed E-state index contributed by atoms with van der Waals surface area (Å²) in [6, 6.07) is 16.8. The number of aryl methyl sites for hydroxylation is 2. The molecule has 9 heteroatoms. The van der Waals surface area contributed by atoms with E-state index in [1.165, 1.54) is 17.3 Å². The molecule has 208 valence electrons. The molecule has 2 aromatic carbocycles. The molecule has 4 rings (SSSR count). The predicted octanol–water partition coefficient (Wildman–Crippen LogP) is 4.15. The first-order chi connectivity index (χ1) is 19.3. The Kier molecular flexibility index (Phi) is 9.54. The van der Waals surface area contributed by atoms with Gasteiger partial charge in [0.2, 0.25) is 0 Å². The fourth-order valence-electron chi connectivity index (χ4n) is 5.44. The number of nitriles is 2. The third kappa shape index (κ3) is 6.34. The van der Waals surface area contributed by atoms with Gasteiger partial charge in [-0.15, -0.1) is 0 Å². The van der Waals surface area contributed by atoms with Gasteiger partial charge in [-0.3, -0.25) is 4.90 Å². The van der Waals surface area contributed by atoms with E-state index >= 15 is 0 Å². The second kappa shape index (κ2) is 13.1. The molecule has 0 amide bonds. The Labute approximate surface area is 240 Å². The minimum Gasteiger partial charge on any atom is -0.368 e. The number of hydrogen-bond donors (Lipinski definition) is 0. The smallest absolute Gasteiger partial charge is 0.145 e. The van der Waals surface area contributed by atoms with Gasteiger partial charge in [0, 0.05) is 64.6 Å². The van der Waals surface area contributed by atoms with E-state index in [0.29, 0.717) is 49.2 Å². The molecular weight excluding hydrogens is 518 g/mol. The van der Waals surface area contributed by atoms with Gasteiger partial charge < -0.3 is 9.80 Å². The number of benzene rings is 2. The van der Waals surface area contributed by atoms with Crippen LogP contribution in [-0.2, 0) is 17.5 Å². The summed E-state index contributed by atoms with van der Waals surface area (Å²) in [7, 11) is -1.29. The molecule has 2 aliphatic heterocycles. The molecule has 1 unspecified atom stereocenters. The largest absolute Gasteiger partial charge is 0.368 e. The molecule has 0 N–H and O–H groups in total. The third-order valence-corrected chi connectivity index (χ3v) is 9.37. The van der Waals surface area contributed by atoms with E-state index in [4.69, 9.17) is 0 Å². The highest BCUT2D eigenvalue weighted by Crippen LogP contribution is 2.27. The van der Waals surface area contributed by atoms with Crippen molar-refractivity contribution in [1.29, 1.82) is 10.5 Å². The Morgan fingerprint density at radius 3 is 2.48 bits per heavy atom. The van der Waals surface area contributed by atoms with E-state index in [1.54, 1.807) is 0 Å². The first-order valence-corrected chi connectivity index (χ1v) is 14.7. The number of hydrogen-bond acceptors (Lipinski definition) is 6. The lowest BCUT2D eigenvalue weighted by Gasteiger charge is -2.41. The number of nitrogens with zero attached hydrogens (tertiary/aromatic N) is 7. The highest BCUT2D eigenvalue weighted by Gasteiger charge is 2.28. The molecule has 0 spiro atoms. The molecule has 8 nitrogen and oxygen atoms in total. The fraction of sp³-hybridized carbons (Fsp3) is 0.387. The van der Waals surface area contributed by atoms with Gasteiger partial charge in [-0.2, -0.15) is 10.5 Å². The van der Waals surface area contributed by atoms with Crippen molar-refractivity contribution in [3.8, 4) is 12.1 Å². The standard InChI is InChI=1S/C31H37N7OS/c1-6-34-31(25(4)19-32)35-13-15-38(16-14-35)40(39)30-18-28(23(2)17-24(30)3)22-36-11-12-37(21-26(36)5)29-10-8-7-9-27(29)20-33/h6-10,17-18,26H,1,4,11-16,21-22H2,2-3,5H3/t26-,40?/m0/s1. The highest BCUT2D eigenvalue weighted by atomic mass is 32.2. The van der Waals surface area contributed by atoms with Crippen molar-refractivity contribution in [3.05, 3.63) is 83.6 Å². The normalized spacial score (nSPS) is 19.5. The van der Waals surface area contributed by atoms with Crippen LogP contribution in [0, 0.1) is 36.5 Å². The minimum atomic E-state index is -1.29. The summed E-state index contributed by atoms with van der Waals surface area (Å²) in [6.45, 7) is 19.6. The Hall–Kier alpha value is -3.76. The number of aliphatic imine (C=N–C) groups is 1. The maximum atomic E-state index is 13.7. The summed E-state index contributed by atoms with van der Waals surface area (Å²) >= 11 is 0. The van der Waals surface area contributed by atoms with Gasteiger partial charge in [0.1, 0.15) is 29.0 Å². The zero-order valence-electron chi connectivity index (χ0n) is 23.6. The topological polar surface area (TPSA) is 90.0 Å². The average molecular weight is 556 g/mol. The second-order valence-electron chi connectivity index (χ2n) is 10.3. The van der Waals surface area contributed by atoms with Crippen molar-refractivity contribution in [2.45, 2.75) is 38.3 Å². The van der Waals surface area contributed by atoms with Crippen molar-refractivity contribution < 1.29 is 4.21 Å². The molecule has 2 saturated heterocycles.